The van der Waals surface area contributed by atoms with Crippen LogP contribution in [-0.4, -0.2) is 11.1 Å². The Hall–Kier alpha value is -2.18. The van der Waals surface area contributed by atoms with Gasteiger partial charge in [-0.15, -0.1) is 11.3 Å². The Morgan fingerprint density at radius 3 is 2.90 bits per heavy atom. The zero-order valence-electron chi connectivity index (χ0n) is 11.2. The van der Waals surface area contributed by atoms with Crippen molar-refractivity contribution >= 4 is 46.0 Å². The van der Waals surface area contributed by atoms with Crippen LogP contribution in [0.2, 0.25) is 0 Å². The summed E-state index contributed by atoms with van der Waals surface area (Å²) in [6.45, 7) is 1.78. The average Bonchev–Trinajstić information content (AvgIpc) is 3.18. The summed E-state index contributed by atoms with van der Waals surface area (Å²) in [5.74, 6) is 0.879. The number of nitrogens with one attached hydrogen (secondary N) is 1. The number of carbonyl (C=O) groups is 1. The number of nitrogens with zero attached hydrogens (tertiary/aromatic N) is 1. The molecule has 1 N–H and O–H groups in total. The second-order valence-corrected chi connectivity index (χ2v) is 6.12. The van der Waals surface area contributed by atoms with E-state index < -0.39 is 0 Å². The number of carbonyl (C=O) groups excluding carboxylic acids is 1. The molecule has 0 unspecified atom stereocenters. The summed E-state index contributed by atoms with van der Waals surface area (Å²) < 4.78 is 4.96. The molecule has 0 saturated carbocycles. The molecule has 0 aliphatic heterocycles. The van der Waals surface area contributed by atoms with Crippen molar-refractivity contribution in [2.75, 3.05) is 5.32 Å². The van der Waals surface area contributed by atoms with E-state index in [9.17, 15) is 4.79 Å². The maximum atomic E-state index is 12.5. The summed E-state index contributed by atoms with van der Waals surface area (Å²) in [5, 5.41) is 12.4. The second-order valence-electron chi connectivity index (χ2n) is 4.36. The van der Waals surface area contributed by atoms with Crippen molar-refractivity contribution < 1.29 is 9.32 Å². The van der Waals surface area contributed by atoms with Gasteiger partial charge < -0.3 is 9.84 Å². The molecule has 0 aliphatic rings. The normalized spacial score (nSPS) is 11.6. The molecule has 6 heteroatoms. The molecule has 1 amide bonds. The molecule has 21 heavy (non-hydrogen) atoms. The van der Waals surface area contributed by atoms with Gasteiger partial charge in [-0.1, -0.05) is 11.2 Å². The Balaban J connectivity index is 1.90. The third kappa shape index (κ3) is 3.29. The van der Waals surface area contributed by atoms with Gasteiger partial charge in [-0.25, -0.2) is 0 Å². The highest BCUT2D eigenvalue weighted by molar-refractivity contribution is 7.11. The van der Waals surface area contributed by atoms with Crippen LogP contribution in [0.5, 0.6) is 0 Å². The number of hydrogen-bond acceptors (Lipinski definition) is 5. The minimum Gasteiger partial charge on any atom is -0.360 e. The van der Waals surface area contributed by atoms with E-state index in [2.05, 4.69) is 10.5 Å². The summed E-state index contributed by atoms with van der Waals surface area (Å²) in [5.41, 5.74) is 1.51. The maximum Gasteiger partial charge on any atom is 0.257 e. The van der Waals surface area contributed by atoms with Crippen molar-refractivity contribution in [1.82, 2.24) is 5.16 Å². The van der Waals surface area contributed by atoms with Crippen LogP contribution >= 0.6 is 22.7 Å². The molecule has 0 fully saturated rings. The van der Waals surface area contributed by atoms with Gasteiger partial charge in [0.1, 0.15) is 5.76 Å². The van der Waals surface area contributed by atoms with Crippen molar-refractivity contribution in [1.29, 1.82) is 0 Å². The zero-order valence-corrected chi connectivity index (χ0v) is 12.8. The van der Waals surface area contributed by atoms with Crippen molar-refractivity contribution in [3.05, 3.63) is 56.6 Å². The van der Waals surface area contributed by atoms with E-state index in [1.165, 1.54) is 0 Å². The highest BCUT2D eigenvalue weighted by Gasteiger charge is 2.15. The summed E-state index contributed by atoms with van der Waals surface area (Å²) in [7, 11) is 0. The summed E-state index contributed by atoms with van der Waals surface area (Å²) in [6.07, 6.45) is 1.88. The molecule has 0 atom stereocenters. The van der Waals surface area contributed by atoms with Crippen LogP contribution in [0.3, 0.4) is 0 Å². The van der Waals surface area contributed by atoms with Crippen molar-refractivity contribution in [3.8, 4) is 0 Å². The van der Waals surface area contributed by atoms with Gasteiger partial charge >= 0.3 is 0 Å². The minimum absolute atomic E-state index is 0.199. The molecular formula is C15H12N2O2S2. The van der Waals surface area contributed by atoms with Crippen LogP contribution in [0.15, 0.2) is 44.9 Å². The number of rotatable bonds is 4. The number of aryl methyl sites for hydroxylation is 1. The van der Waals surface area contributed by atoms with Gasteiger partial charge in [-0.3, -0.25) is 4.79 Å². The summed E-state index contributed by atoms with van der Waals surface area (Å²) in [4.78, 5) is 13.5. The first kappa shape index (κ1) is 13.8. The SMILES string of the molecule is Cc1cc(NC(=O)/C(=C\c2cccs2)c2ccsc2)no1. The number of amides is 1. The Labute approximate surface area is 129 Å². The monoisotopic (exact) mass is 316 g/mol. The zero-order chi connectivity index (χ0) is 14.7. The van der Waals surface area contributed by atoms with Crippen LogP contribution in [0, 0.1) is 6.92 Å². The van der Waals surface area contributed by atoms with Crippen molar-refractivity contribution in [3.63, 3.8) is 0 Å². The average molecular weight is 316 g/mol. The maximum absolute atomic E-state index is 12.5. The fourth-order valence-corrected chi connectivity index (χ4v) is 3.14. The first-order valence-corrected chi connectivity index (χ1v) is 8.07. The lowest BCUT2D eigenvalue weighted by Crippen LogP contribution is -2.13. The molecule has 0 aromatic carbocycles. The molecule has 4 nitrogen and oxygen atoms in total. The Bertz CT molecular complexity index is 756. The second kappa shape index (κ2) is 6.07. The lowest BCUT2D eigenvalue weighted by atomic mass is 10.1. The highest BCUT2D eigenvalue weighted by Crippen LogP contribution is 2.24. The van der Waals surface area contributed by atoms with E-state index >= 15 is 0 Å². The van der Waals surface area contributed by atoms with Crippen molar-refractivity contribution in [2.24, 2.45) is 0 Å². The smallest absolute Gasteiger partial charge is 0.257 e. The highest BCUT2D eigenvalue weighted by atomic mass is 32.1. The van der Waals surface area contributed by atoms with Crippen LogP contribution < -0.4 is 5.32 Å². The summed E-state index contributed by atoms with van der Waals surface area (Å²) in [6, 6.07) is 7.55. The first-order chi connectivity index (χ1) is 10.2. The summed E-state index contributed by atoms with van der Waals surface area (Å²) >= 11 is 3.15. The Morgan fingerprint density at radius 1 is 1.38 bits per heavy atom. The molecule has 0 bridgehead atoms. The van der Waals surface area contributed by atoms with E-state index in [0.29, 0.717) is 17.2 Å². The molecule has 3 aromatic rings. The van der Waals surface area contributed by atoms with Gasteiger partial charge in [0.15, 0.2) is 5.82 Å². The molecule has 0 radical (unpaired) electrons. The van der Waals surface area contributed by atoms with E-state index in [4.69, 9.17) is 4.52 Å². The van der Waals surface area contributed by atoms with Gasteiger partial charge in [-0.2, -0.15) is 11.3 Å². The topological polar surface area (TPSA) is 55.1 Å². The molecular weight excluding hydrogens is 304 g/mol. The molecule has 106 valence electrons. The van der Waals surface area contributed by atoms with Crippen molar-refractivity contribution in [2.45, 2.75) is 6.92 Å². The number of hydrogen-bond donors (Lipinski definition) is 1. The molecule has 3 aromatic heterocycles. The van der Waals surface area contributed by atoms with Crippen LogP contribution in [-0.2, 0) is 4.79 Å². The van der Waals surface area contributed by atoms with Gasteiger partial charge in [0.25, 0.3) is 5.91 Å². The molecule has 0 saturated heterocycles. The predicted octanol–water partition coefficient (Wildman–Crippen LogP) is 4.29. The molecule has 0 spiro atoms. The lowest BCUT2D eigenvalue weighted by molar-refractivity contribution is -0.111. The number of anilines is 1. The fraction of sp³-hybridized carbons (Fsp3) is 0.0667. The first-order valence-electron chi connectivity index (χ1n) is 6.25. The quantitative estimate of drug-likeness (QED) is 0.731. The Morgan fingerprint density at radius 2 is 2.29 bits per heavy atom. The number of thiophene rings is 2. The minimum atomic E-state index is -0.199. The third-order valence-electron chi connectivity index (χ3n) is 2.78. The van der Waals surface area contributed by atoms with Gasteiger partial charge in [0.2, 0.25) is 0 Å². The number of aromatic nitrogens is 1. The van der Waals surface area contributed by atoms with Crippen LogP contribution in [0.4, 0.5) is 5.82 Å². The van der Waals surface area contributed by atoms with Gasteiger partial charge in [-0.05, 0) is 46.8 Å². The van der Waals surface area contributed by atoms with E-state index in [1.807, 2.05) is 40.4 Å². The van der Waals surface area contributed by atoms with Gasteiger partial charge in [0, 0.05) is 16.5 Å². The van der Waals surface area contributed by atoms with E-state index in [-0.39, 0.29) is 5.91 Å². The fourth-order valence-electron chi connectivity index (χ4n) is 1.82. The van der Waals surface area contributed by atoms with Gasteiger partial charge in [0.05, 0.1) is 0 Å². The molecule has 0 aliphatic carbocycles. The van der Waals surface area contributed by atoms with Crippen LogP contribution in [0.25, 0.3) is 11.6 Å². The van der Waals surface area contributed by atoms with E-state index in [0.717, 1.165) is 10.4 Å². The standard InChI is InChI=1S/C15H12N2O2S2/c1-10-7-14(17-19-10)16-15(18)13(11-4-6-20-9-11)8-12-3-2-5-21-12/h2-9H,1H3,(H,16,17,18)/b13-8-. The van der Waals surface area contributed by atoms with Crippen LogP contribution in [0.1, 0.15) is 16.2 Å². The predicted molar refractivity (Wildman–Crippen MR) is 86.4 cm³/mol. The lowest BCUT2D eigenvalue weighted by Gasteiger charge is -2.05. The van der Waals surface area contributed by atoms with E-state index in [1.54, 1.807) is 35.7 Å². The molecule has 3 rings (SSSR count). The Kier molecular flexibility index (Phi) is 3.98. The largest absolute Gasteiger partial charge is 0.360 e. The molecule has 3 heterocycles. The third-order valence-corrected chi connectivity index (χ3v) is 4.28.